The highest BCUT2D eigenvalue weighted by Crippen LogP contribution is 2.33. The Kier molecular flexibility index (Phi) is 6.36. The van der Waals surface area contributed by atoms with Crippen LogP contribution in [0.15, 0.2) is 52.3 Å². The Hall–Kier alpha value is -2.28. The Morgan fingerprint density at radius 1 is 1.17 bits per heavy atom. The molecule has 2 N–H and O–H groups in total. The highest BCUT2D eigenvalue weighted by Gasteiger charge is 2.31. The maximum absolute atomic E-state index is 12.9. The summed E-state index contributed by atoms with van der Waals surface area (Å²) < 4.78 is 63.2. The van der Waals surface area contributed by atoms with Gasteiger partial charge in [0.05, 0.1) is 22.5 Å². The van der Waals surface area contributed by atoms with E-state index in [1.807, 2.05) is 29.0 Å². The fourth-order valence-corrected chi connectivity index (χ4v) is 3.67. The molecular formula is C17H10BrF3N3O3S2-. The van der Waals surface area contributed by atoms with Crippen LogP contribution in [0.4, 0.5) is 24.0 Å². The van der Waals surface area contributed by atoms with Crippen molar-refractivity contribution in [3.8, 4) is 11.3 Å². The van der Waals surface area contributed by atoms with E-state index < -0.39 is 34.6 Å². The zero-order valence-corrected chi connectivity index (χ0v) is 17.3. The third-order valence-corrected chi connectivity index (χ3v) is 5.32. The number of anilines is 2. The molecule has 0 fully saturated rings. The number of carbonyl (C=O) groups excluding carboxylic acids is 1. The third-order valence-electron chi connectivity index (χ3n) is 3.65. The first-order chi connectivity index (χ1) is 13.6. The van der Waals surface area contributed by atoms with Crippen LogP contribution in [0, 0.1) is 0 Å². The van der Waals surface area contributed by atoms with Crippen LogP contribution in [0.5, 0.6) is 0 Å². The molecule has 2 aromatic carbocycles. The molecule has 0 radical (unpaired) electrons. The number of alkyl halides is 3. The molecule has 6 nitrogen and oxygen atoms in total. The molecule has 0 aliphatic carbocycles. The SMILES string of the molecule is O=C(Nc1nc(-c2ccc(Br)cc2)cs1)c1ccc(C(F)(F)F)cc1NS(=O)[O-]. The van der Waals surface area contributed by atoms with Gasteiger partial charge in [-0.1, -0.05) is 28.1 Å². The van der Waals surface area contributed by atoms with Crippen molar-refractivity contribution in [2.75, 3.05) is 10.0 Å². The molecular weight excluding hydrogens is 495 g/mol. The highest BCUT2D eigenvalue weighted by molar-refractivity contribution is 9.10. The largest absolute Gasteiger partial charge is 0.755 e. The molecule has 12 heteroatoms. The number of hydrogen-bond donors (Lipinski definition) is 2. The number of aromatic nitrogens is 1. The maximum Gasteiger partial charge on any atom is 0.416 e. The van der Waals surface area contributed by atoms with Gasteiger partial charge in [-0.15, -0.1) is 11.3 Å². The number of amides is 1. The van der Waals surface area contributed by atoms with Gasteiger partial charge in [0.25, 0.3) is 5.91 Å². The Morgan fingerprint density at radius 3 is 2.48 bits per heavy atom. The van der Waals surface area contributed by atoms with Gasteiger partial charge in [0, 0.05) is 26.7 Å². The molecule has 0 aliphatic heterocycles. The van der Waals surface area contributed by atoms with Crippen molar-refractivity contribution in [3.05, 3.63) is 63.4 Å². The smallest absolute Gasteiger partial charge is 0.416 e. The monoisotopic (exact) mass is 504 g/mol. The molecule has 1 unspecified atom stereocenters. The molecule has 3 aromatic rings. The van der Waals surface area contributed by atoms with E-state index in [0.29, 0.717) is 17.8 Å². The van der Waals surface area contributed by atoms with Crippen LogP contribution < -0.4 is 10.0 Å². The van der Waals surface area contributed by atoms with Crippen LogP contribution in [0.25, 0.3) is 11.3 Å². The molecule has 152 valence electrons. The highest BCUT2D eigenvalue weighted by atomic mass is 79.9. The number of rotatable bonds is 5. The quantitative estimate of drug-likeness (QED) is 0.475. The van der Waals surface area contributed by atoms with E-state index >= 15 is 0 Å². The summed E-state index contributed by atoms with van der Waals surface area (Å²) in [5.41, 5.74) is -0.445. The lowest BCUT2D eigenvalue weighted by Crippen LogP contribution is -2.17. The molecule has 0 spiro atoms. The summed E-state index contributed by atoms with van der Waals surface area (Å²) in [6, 6.07) is 9.46. The van der Waals surface area contributed by atoms with E-state index in [2.05, 4.69) is 26.2 Å². The third kappa shape index (κ3) is 5.41. The zero-order valence-electron chi connectivity index (χ0n) is 14.1. The number of nitrogens with one attached hydrogen (secondary N) is 2. The van der Waals surface area contributed by atoms with Crippen molar-refractivity contribution in [3.63, 3.8) is 0 Å². The van der Waals surface area contributed by atoms with Crippen molar-refractivity contribution in [2.24, 2.45) is 0 Å². The average molecular weight is 505 g/mol. The van der Waals surface area contributed by atoms with Crippen LogP contribution in [-0.2, 0) is 17.4 Å². The van der Waals surface area contributed by atoms with Crippen LogP contribution in [0.3, 0.4) is 0 Å². The first-order valence-corrected chi connectivity index (χ1v) is 10.5. The first-order valence-electron chi connectivity index (χ1n) is 7.73. The van der Waals surface area contributed by atoms with Crippen molar-refractivity contribution in [1.29, 1.82) is 0 Å². The molecule has 29 heavy (non-hydrogen) atoms. The predicted molar refractivity (Wildman–Crippen MR) is 107 cm³/mol. The summed E-state index contributed by atoms with van der Waals surface area (Å²) in [6.07, 6.45) is -4.69. The van der Waals surface area contributed by atoms with Crippen LogP contribution in [-0.4, -0.2) is 19.7 Å². The van der Waals surface area contributed by atoms with Crippen molar-refractivity contribution in [2.45, 2.75) is 6.18 Å². The number of hydrogen-bond acceptors (Lipinski definition) is 5. The van der Waals surface area contributed by atoms with Crippen LogP contribution in [0.2, 0.25) is 0 Å². The maximum atomic E-state index is 12.9. The molecule has 1 heterocycles. The molecule has 1 amide bonds. The summed E-state index contributed by atoms with van der Waals surface area (Å²) in [5.74, 6) is -0.802. The fraction of sp³-hybridized carbons (Fsp3) is 0.0588. The average Bonchev–Trinajstić information content (AvgIpc) is 3.09. The summed E-state index contributed by atoms with van der Waals surface area (Å²) in [6.45, 7) is 0. The summed E-state index contributed by atoms with van der Waals surface area (Å²) in [5, 5.41) is 4.38. The fourth-order valence-electron chi connectivity index (χ4n) is 2.34. The number of halogens is 4. The first kappa shape index (κ1) is 21.4. The van der Waals surface area contributed by atoms with Gasteiger partial charge in [-0.05, 0) is 30.3 Å². The minimum absolute atomic E-state index is 0.210. The lowest BCUT2D eigenvalue weighted by molar-refractivity contribution is -0.137. The molecule has 0 bridgehead atoms. The van der Waals surface area contributed by atoms with Gasteiger partial charge >= 0.3 is 6.18 Å². The minimum Gasteiger partial charge on any atom is -0.755 e. The standard InChI is InChI=1S/C17H11BrF3N3O3S2/c18-11-4-1-9(2-5-11)14-8-28-16(22-14)23-15(25)12-6-3-10(17(19,20)21)7-13(12)24-29(26)27/h1-8,24H,(H,26,27)(H,22,23,25)/p-1. The van der Waals surface area contributed by atoms with E-state index in [1.165, 1.54) is 0 Å². The lowest BCUT2D eigenvalue weighted by Gasteiger charge is -2.15. The molecule has 1 aromatic heterocycles. The number of nitrogens with zero attached hydrogens (tertiary/aromatic N) is 1. The topological polar surface area (TPSA) is 94.2 Å². The van der Waals surface area contributed by atoms with Gasteiger partial charge in [0.15, 0.2) is 5.13 Å². The van der Waals surface area contributed by atoms with Crippen LogP contribution in [0.1, 0.15) is 15.9 Å². The van der Waals surface area contributed by atoms with Gasteiger partial charge in [-0.3, -0.25) is 14.3 Å². The normalized spacial score (nSPS) is 12.4. The molecule has 0 aliphatic rings. The van der Waals surface area contributed by atoms with Crippen molar-refractivity contribution in [1.82, 2.24) is 4.98 Å². The summed E-state index contributed by atoms with van der Waals surface area (Å²) in [7, 11) is 0. The number of carbonyl (C=O) groups is 1. The second-order valence-electron chi connectivity index (χ2n) is 5.59. The van der Waals surface area contributed by atoms with Gasteiger partial charge in [-0.2, -0.15) is 13.2 Å². The van der Waals surface area contributed by atoms with Gasteiger partial charge in [0.1, 0.15) is 0 Å². The lowest BCUT2D eigenvalue weighted by atomic mass is 10.1. The van der Waals surface area contributed by atoms with Crippen molar-refractivity contribution < 1.29 is 26.7 Å². The zero-order chi connectivity index (χ0) is 21.2. The van der Waals surface area contributed by atoms with E-state index in [-0.39, 0.29) is 10.7 Å². The Balaban J connectivity index is 1.85. The number of benzene rings is 2. The van der Waals surface area contributed by atoms with E-state index in [0.717, 1.165) is 27.4 Å². The number of thiazole rings is 1. The van der Waals surface area contributed by atoms with Gasteiger partial charge < -0.3 is 9.27 Å². The van der Waals surface area contributed by atoms with E-state index in [1.54, 1.807) is 5.38 Å². The van der Waals surface area contributed by atoms with Crippen molar-refractivity contribution >= 4 is 55.3 Å². The second-order valence-corrected chi connectivity index (χ2v) is 8.04. The van der Waals surface area contributed by atoms with E-state index in [4.69, 9.17) is 0 Å². The Morgan fingerprint density at radius 2 is 1.86 bits per heavy atom. The van der Waals surface area contributed by atoms with E-state index in [9.17, 15) is 26.7 Å². The Labute approximate surface area is 177 Å². The molecule has 1 atom stereocenters. The molecule has 0 saturated heterocycles. The second kappa shape index (κ2) is 8.61. The predicted octanol–water partition coefficient (Wildman–Crippen LogP) is 5.05. The van der Waals surface area contributed by atoms with Gasteiger partial charge in [0.2, 0.25) is 0 Å². The van der Waals surface area contributed by atoms with Gasteiger partial charge in [-0.25, -0.2) is 4.98 Å². The molecule has 3 rings (SSSR count). The summed E-state index contributed by atoms with van der Waals surface area (Å²) >= 11 is 1.54. The Bertz CT molecular complexity index is 1070. The summed E-state index contributed by atoms with van der Waals surface area (Å²) in [4.78, 5) is 16.8. The van der Waals surface area contributed by atoms with Crippen LogP contribution >= 0.6 is 27.3 Å². The minimum atomic E-state index is -4.69. The molecule has 0 saturated carbocycles.